The van der Waals surface area contributed by atoms with Crippen molar-refractivity contribution in [2.45, 2.75) is 5.88 Å². The van der Waals surface area contributed by atoms with E-state index in [0.717, 1.165) is 5.69 Å². The summed E-state index contributed by atoms with van der Waals surface area (Å²) in [5.74, 6) is 0.697. The van der Waals surface area contributed by atoms with Gasteiger partial charge in [-0.25, -0.2) is 0 Å². The lowest BCUT2D eigenvalue weighted by Crippen LogP contribution is -1.91. The van der Waals surface area contributed by atoms with Crippen molar-refractivity contribution in [1.82, 2.24) is 4.57 Å². The summed E-state index contributed by atoms with van der Waals surface area (Å²) in [6.07, 6.45) is 0. The van der Waals surface area contributed by atoms with Crippen LogP contribution in [0.1, 0.15) is 5.69 Å². The smallest absolute Gasteiger partial charge is 0.190 e. The highest BCUT2D eigenvalue weighted by Crippen LogP contribution is 2.13. The first kappa shape index (κ1) is 6.49. The van der Waals surface area contributed by atoms with Gasteiger partial charge >= 0.3 is 0 Å². The summed E-state index contributed by atoms with van der Waals surface area (Å²) in [7, 11) is 1.77. The average molecular weight is 146 g/mol. The van der Waals surface area contributed by atoms with Crippen molar-refractivity contribution in [1.29, 1.82) is 0 Å². The Morgan fingerprint density at radius 1 is 1.67 bits per heavy atom. The first-order chi connectivity index (χ1) is 4.25. The molecule has 0 amide bonds. The van der Waals surface area contributed by atoms with Crippen molar-refractivity contribution in [3.8, 4) is 5.88 Å². The van der Waals surface area contributed by atoms with Crippen LogP contribution in [-0.2, 0) is 12.9 Å². The zero-order valence-electron chi connectivity index (χ0n) is 5.13. The number of alkyl halides is 1. The van der Waals surface area contributed by atoms with E-state index >= 15 is 0 Å². The summed E-state index contributed by atoms with van der Waals surface area (Å²) in [6, 6.07) is 3.42. The van der Waals surface area contributed by atoms with E-state index in [1.165, 1.54) is 0 Å². The van der Waals surface area contributed by atoms with E-state index in [1.807, 2.05) is 0 Å². The van der Waals surface area contributed by atoms with Gasteiger partial charge in [0.15, 0.2) is 5.88 Å². The van der Waals surface area contributed by atoms with Gasteiger partial charge in [0.1, 0.15) is 0 Å². The second-order valence-electron chi connectivity index (χ2n) is 1.88. The van der Waals surface area contributed by atoms with Crippen molar-refractivity contribution in [3.05, 3.63) is 17.8 Å². The third kappa shape index (κ3) is 1.03. The maximum atomic E-state index is 8.98. The maximum absolute atomic E-state index is 8.98. The third-order valence-electron chi connectivity index (χ3n) is 1.34. The highest BCUT2D eigenvalue weighted by atomic mass is 35.5. The normalized spacial score (nSPS) is 10.0. The Morgan fingerprint density at radius 2 is 2.33 bits per heavy atom. The molecule has 1 heterocycles. The van der Waals surface area contributed by atoms with Gasteiger partial charge in [-0.05, 0) is 12.1 Å². The molecule has 0 aromatic carbocycles. The van der Waals surface area contributed by atoms with Gasteiger partial charge in [0.05, 0.1) is 5.88 Å². The van der Waals surface area contributed by atoms with Crippen molar-refractivity contribution in [2.75, 3.05) is 0 Å². The van der Waals surface area contributed by atoms with E-state index in [0.29, 0.717) is 5.88 Å². The monoisotopic (exact) mass is 145 g/mol. The van der Waals surface area contributed by atoms with Crippen LogP contribution in [0.25, 0.3) is 0 Å². The minimum atomic E-state index is 0.255. The predicted molar refractivity (Wildman–Crippen MR) is 36.6 cm³/mol. The quantitative estimate of drug-likeness (QED) is 0.595. The number of aromatic hydroxyl groups is 1. The molecule has 0 aliphatic carbocycles. The first-order valence-electron chi connectivity index (χ1n) is 2.65. The highest BCUT2D eigenvalue weighted by molar-refractivity contribution is 6.16. The summed E-state index contributed by atoms with van der Waals surface area (Å²) in [4.78, 5) is 0. The van der Waals surface area contributed by atoms with E-state index < -0.39 is 0 Å². The molecule has 50 valence electrons. The number of rotatable bonds is 1. The van der Waals surface area contributed by atoms with Crippen molar-refractivity contribution in [3.63, 3.8) is 0 Å². The van der Waals surface area contributed by atoms with Crippen LogP contribution in [0.4, 0.5) is 0 Å². The summed E-state index contributed by atoms with van der Waals surface area (Å²) >= 11 is 5.51. The van der Waals surface area contributed by atoms with Gasteiger partial charge in [0, 0.05) is 12.7 Å². The van der Waals surface area contributed by atoms with Gasteiger partial charge in [-0.3, -0.25) is 0 Å². The lowest BCUT2D eigenvalue weighted by atomic mass is 10.5. The van der Waals surface area contributed by atoms with Crippen molar-refractivity contribution >= 4 is 11.6 Å². The van der Waals surface area contributed by atoms with E-state index in [4.69, 9.17) is 16.7 Å². The molecule has 0 unspecified atom stereocenters. The molecule has 0 spiro atoms. The predicted octanol–water partition coefficient (Wildman–Crippen LogP) is 1.47. The Labute approximate surface area is 58.7 Å². The molecule has 0 atom stereocenters. The van der Waals surface area contributed by atoms with Crippen LogP contribution < -0.4 is 0 Å². The van der Waals surface area contributed by atoms with Crippen LogP contribution in [0.2, 0.25) is 0 Å². The van der Waals surface area contributed by atoms with E-state index in [-0.39, 0.29) is 5.88 Å². The Hall–Kier alpha value is -0.630. The Bertz CT molecular complexity index is 207. The van der Waals surface area contributed by atoms with Crippen molar-refractivity contribution in [2.24, 2.45) is 7.05 Å². The molecule has 1 rings (SSSR count). The molecule has 0 radical (unpaired) electrons. The molecule has 0 aliphatic rings. The Morgan fingerprint density at radius 3 is 2.56 bits per heavy atom. The van der Waals surface area contributed by atoms with Crippen LogP contribution in [-0.4, -0.2) is 9.67 Å². The first-order valence-corrected chi connectivity index (χ1v) is 3.18. The molecule has 1 aromatic heterocycles. The van der Waals surface area contributed by atoms with Crippen LogP contribution >= 0.6 is 11.6 Å². The fourth-order valence-corrected chi connectivity index (χ4v) is 0.944. The molecule has 0 saturated heterocycles. The van der Waals surface area contributed by atoms with Crippen LogP contribution in [0, 0.1) is 0 Å². The molecule has 3 heteroatoms. The molecule has 0 fully saturated rings. The van der Waals surface area contributed by atoms with Gasteiger partial charge in [0.2, 0.25) is 0 Å². The largest absolute Gasteiger partial charge is 0.494 e. The number of hydrogen-bond donors (Lipinski definition) is 1. The molecule has 1 aromatic rings. The molecule has 9 heavy (non-hydrogen) atoms. The second-order valence-corrected chi connectivity index (χ2v) is 2.14. The minimum Gasteiger partial charge on any atom is -0.494 e. The van der Waals surface area contributed by atoms with Crippen molar-refractivity contribution < 1.29 is 5.11 Å². The summed E-state index contributed by atoms with van der Waals surface area (Å²) < 4.78 is 1.65. The topological polar surface area (TPSA) is 25.2 Å². The van der Waals surface area contributed by atoms with Crippen LogP contribution in [0.3, 0.4) is 0 Å². The third-order valence-corrected chi connectivity index (χ3v) is 1.61. The van der Waals surface area contributed by atoms with Gasteiger partial charge in [0.25, 0.3) is 0 Å². The summed E-state index contributed by atoms with van der Waals surface area (Å²) in [5, 5.41) is 8.98. The molecule has 0 saturated carbocycles. The maximum Gasteiger partial charge on any atom is 0.190 e. The highest BCUT2D eigenvalue weighted by Gasteiger charge is 1.98. The zero-order chi connectivity index (χ0) is 6.85. The fraction of sp³-hybridized carbons (Fsp3) is 0.333. The number of aromatic nitrogens is 1. The molecular weight excluding hydrogens is 138 g/mol. The van der Waals surface area contributed by atoms with Gasteiger partial charge in [-0.15, -0.1) is 11.6 Å². The molecule has 0 bridgehead atoms. The number of hydrogen-bond acceptors (Lipinski definition) is 1. The van der Waals surface area contributed by atoms with Gasteiger partial charge in [-0.2, -0.15) is 0 Å². The number of nitrogens with zero attached hydrogens (tertiary/aromatic N) is 1. The molecule has 0 aliphatic heterocycles. The average Bonchev–Trinajstić information content (AvgIpc) is 2.15. The zero-order valence-corrected chi connectivity index (χ0v) is 5.89. The SMILES string of the molecule is Cn1c(O)ccc1CCl. The second kappa shape index (κ2) is 2.31. The molecular formula is C6H8ClNO. The fourth-order valence-electron chi connectivity index (χ4n) is 0.676. The summed E-state index contributed by atoms with van der Waals surface area (Å²) in [6.45, 7) is 0. The minimum absolute atomic E-state index is 0.255. The molecule has 1 N–H and O–H groups in total. The lowest BCUT2D eigenvalue weighted by molar-refractivity contribution is 0.430. The van der Waals surface area contributed by atoms with E-state index in [1.54, 1.807) is 23.7 Å². The van der Waals surface area contributed by atoms with Crippen LogP contribution in [0.15, 0.2) is 12.1 Å². The lowest BCUT2D eigenvalue weighted by Gasteiger charge is -1.97. The van der Waals surface area contributed by atoms with Crippen LogP contribution in [0.5, 0.6) is 5.88 Å². The Balaban J connectivity index is 3.04. The van der Waals surface area contributed by atoms with Gasteiger partial charge < -0.3 is 9.67 Å². The standard InChI is InChI=1S/C6H8ClNO/c1-8-5(4-7)2-3-6(8)9/h2-3,9H,4H2,1H3. The molecule has 2 nitrogen and oxygen atoms in total. The van der Waals surface area contributed by atoms with E-state index in [2.05, 4.69) is 0 Å². The number of halogens is 1. The summed E-state index contributed by atoms with van der Waals surface area (Å²) in [5.41, 5.74) is 0.925. The van der Waals surface area contributed by atoms with E-state index in [9.17, 15) is 0 Å². The van der Waals surface area contributed by atoms with Gasteiger partial charge in [-0.1, -0.05) is 0 Å². The Kier molecular flexibility index (Phi) is 1.67.